The van der Waals surface area contributed by atoms with Crippen LogP contribution in [-0.4, -0.2) is 39.5 Å². The average molecular weight is 283 g/mol. The number of rotatable bonds is 4. The molecule has 2 rings (SSSR count). The molecule has 5 heteroatoms. The summed E-state index contributed by atoms with van der Waals surface area (Å²) in [5.74, 6) is 0.310. The minimum Gasteiger partial charge on any atom is -0.381 e. The summed E-state index contributed by atoms with van der Waals surface area (Å²) in [4.78, 5) is 0.411. The van der Waals surface area contributed by atoms with E-state index in [4.69, 9.17) is 4.74 Å². The quantitative estimate of drug-likeness (QED) is 0.848. The minimum atomic E-state index is -3.40. The Balaban J connectivity index is 2.22. The molecule has 1 fully saturated rings. The molecule has 0 radical (unpaired) electrons. The largest absolute Gasteiger partial charge is 0.381 e. The van der Waals surface area contributed by atoms with Gasteiger partial charge < -0.3 is 4.74 Å². The minimum absolute atomic E-state index is 0.310. The van der Waals surface area contributed by atoms with Gasteiger partial charge in [-0.15, -0.1) is 0 Å². The molecule has 1 aliphatic rings. The molecule has 1 atom stereocenters. The Bertz CT molecular complexity index is 548. The molecule has 0 bridgehead atoms. The van der Waals surface area contributed by atoms with E-state index in [1.165, 1.54) is 4.31 Å². The highest BCUT2D eigenvalue weighted by molar-refractivity contribution is 7.89. The SMILES string of the molecule is Cc1ccc(C)c(S(=O)(=O)N(C)CC2CCOC2)c1. The lowest BCUT2D eigenvalue weighted by atomic mass is 10.1. The first kappa shape index (κ1) is 14.5. The average Bonchev–Trinajstić information content (AvgIpc) is 2.85. The molecule has 4 nitrogen and oxygen atoms in total. The van der Waals surface area contributed by atoms with Gasteiger partial charge in [0.2, 0.25) is 10.0 Å². The van der Waals surface area contributed by atoms with E-state index in [1.54, 1.807) is 13.1 Å². The molecule has 0 aliphatic carbocycles. The maximum absolute atomic E-state index is 12.6. The number of nitrogens with zero attached hydrogens (tertiary/aromatic N) is 1. The monoisotopic (exact) mass is 283 g/mol. The van der Waals surface area contributed by atoms with Crippen molar-refractivity contribution >= 4 is 10.0 Å². The molecule has 1 aromatic rings. The first-order valence-electron chi connectivity index (χ1n) is 6.52. The molecule has 1 unspecified atom stereocenters. The van der Waals surface area contributed by atoms with E-state index in [0.29, 0.717) is 24.0 Å². The third-order valence-corrected chi connectivity index (χ3v) is 5.54. The molecule has 1 heterocycles. The van der Waals surface area contributed by atoms with E-state index in [1.807, 2.05) is 26.0 Å². The fourth-order valence-electron chi connectivity index (χ4n) is 2.34. The standard InChI is InChI=1S/C14H21NO3S/c1-11-4-5-12(2)14(8-11)19(16,17)15(3)9-13-6-7-18-10-13/h4-5,8,13H,6-7,9-10H2,1-3H3. The van der Waals surface area contributed by atoms with E-state index in [2.05, 4.69) is 0 Å². The number of ether oxygens (including phenoxy) is 1. The van der Waals surface area contributed by atoms with Crippen molar-refractivity contribution in [2.45, 2.75) is 25.2 Å². The van der Waals surface area contributed by atoms with Crippen LogP contribution in [0, 0.1) is 19.8 Å². The van der Waals surface area contributed by atoms with Crippen molar-refractivity contribution in [3.8, 4) is 0 Å². The zero-order valence-corrected chi connectivity index (χ0v) is 12.5. The van der Waals surface area contributed by atoms with Gasteiger partial charge in [-0.2, -0.15) is 0 Å². The molecular weight excluding hydrogens is 262 g/mol. The number of hydrogen-bond acceptors (Lipinski definition) is 3. The van der Waals surface area contributed by atoms with Crippen molar-refractivity contribution in [3.63, 3.8) is 0 Å². The summed E-state index contributed by atoms with van der Waals surface area (Å²) in [5, 5.41) is 0. The topological polar surface area (TPSA) is 46.6 Å². The second-order valence-corrected chi connectivity index (χ2v) is 7.30. The lowest BCUT2D eigenvalue weighted by molar-refractivity contribution is 0.182. The van der Waals surface area contributed by atoms with Crippen molar-refractivity contribution in [2.24, 2.45) is 5.92 Å². The zero-order chi connectivity index (χ0) is 14.0. The van der Waals surface area contributed by atoms with Gasteiger partial charge in [-0.05, 0) is 43.4 Å². The summed E-state index contributed by atoms with van der Waals surface area (Å²) >= 11 is 0. The van der Waals surface area contributed by atoms with Gasteiger partial charge in [-0.1, -0.05) is 12.1 Å². The summed E-state index contributed by atoms with van der Waals surface area (Å²) < 4.78 is 31.9. The van der Waals surface area contributed by atoms with Gasteiger partial charge >= 0.3 is 0 Å². The van der Waals surface area contributed by atoms with Crippen LogP contribution in [0.2, 0.25) is 0 Å². The van der Waals surface area contributed by atoms with Crippen LogP contribution in [0.4, 0.5) is 0 Å². The van der Waals surface area contributed by atoms with Crippen molar-refractivity contribution in [2.75, 3.05) is 26.8 Å². The lowest BCUT2D eigenvalue weighted by Crippen LogP contribution is -2.32. The fourth-order valence-corrected chi connectivity index (χ4v) is 3.89. The fraction of sp³-hybridized carbons (Fsp3) is 0.571. The molecule has 1 saturated heterocycles. The Hall–Kier alpha value is -0.910. The van der Waals surface area contributed by atoms with Crippen LogP contribution in [0.15, 0.2) is 23.1 Å². The molecule has 106 valence electrons. The molecule has 0 spiro atoms. The highest BCUT2D eigenvalue weighted by Gasteiger charge is 2.27. The highest BCUT2D eigenvalue weighted by atomic mass is 32.2. The van der Waals surface area contributed by atoms with Crippen LogP contribution in [0.3, 0.4) is 0 Å². The van der Waals surface area contributed by atoms with Gasteiger partial charge in [0.1, 0.15) is 0 Å². The molecule has 0 amide bonds. The van der Waals surface area contributed by atoms with E-state index in [9.17, 15) is 8.42 Å². The highest BCUT2D eigenvalue weighted by Crippen LogP contribution is 2.22. The molecule has 1 aromatic carbocycles. The Morgan fingerprint density at radius 1 is 1.37 bits per heavy atom. The number of hydrogen-bond donors (Lipinski definition) is 0. The van der Waals surface area contributed by atoms with Crippen molar-refractivity contribution in [1.82, 2.24) is 4.31 Å². The molecule has 0 N–H and O–H groups in total. The van der Waals surface area contributed by atoms with Crippen LogP contribution in [0.1, 0.15) is 17.5 Å². The van der Waals surface area contributed by atoms with Crippen molar-refractivity contribution < 1.29 is 13.2 Å². The van der Waals surface area contributed by atoms with Gasteiger partial charge in [-0.25, -0.2) is 12.7 Å². The Kier molecular flexibility index (Phi) is 4.28. The second kappa shape index (κ2) is 5.61. The predicted octanol–water partition coefficient (Wildman–Crippen LogP) is 1.96. The maximum atomic E-state index is 12.6. The smallest absolute Gasteiger partial charge is 0.243 e. The van der Waals surface area contributed by atoms with Crippen LogP contribution in [0.5, 0.6) is 0 Å². The number of sulfonamides is 1. The molecule has 19 heavy (non-hydrogen) atoms. The van der Waals surface area contributed by atoms with Gasteiger partial charge in [0.25, 0.3) is 0 Å². The van der Waals surface area contributed by atoms with Gasteiger partial charge in [0.05, 0.1) is 11.5 Å². The number of aryl methyl sites for hydroxylation is 2. The van der Waals surface area contributed by atoms with Gasteiger partial charge in [0.15, 0.2) is 0 Å². The molecule has 1 aliphatic heterocycles. The van der Waals surface area contributed by atoms with E-state index < -0.39 is 10.0 Å². The summed E-state index contributed by atoms with van der Waals surface area (Å²) in [6.45, 7) is 5.66. The van der Waals surface area contributed by atoms with E-state index in [0.717, 1.165) is 24.2 Å². The first-order chi connectivity index (χ1) is 8.91. The summed E-state index contributed by atoms with van der Waals surface area (Å²) in [5.41, 5.74) is 1.75. The Morgan fingerprint density at radius 2 is 2.11 bits per heavy atom. The predicted molar refractivity (Wildman–Crippen MR) is 74.7 cm³/mol. The van der Waals surface area contributed by atoms with Crippen LogP contribution in [0.25, 0.3) is 0 Å². The van der Waals surface area contributed by atoms with Gasteiger partial charge in [-0.3, -0.25) is 0 Å². The third-order valence-electron chi connectivity index (χ3n) is 3.57. The van der Waals surface area contributed by atoms with E-state index >= 15 is 0 Å². The number of benzene rings is 1. The maximum Gasteiger partial charge on any atom is 0.243 e. The van der Waals surface area contributed by atoms with Crippen LogP contribution in [-0.2, 0) is 14.8 Å². The second-order valence-electron chi connectivity index (χ2n) is 5.28. The molecular formula is C14H21NO3S. The van der Waals surface area contributed by atoms with Crippen molar-refractivity contribution in [3.05, 3.63) is 29.3 Å². The third kappa shape index (κ3) is 3.16. The molecule has 0 aromatic heterocycles. The van der Waals surface area contributed by atoms with Crippen molar-refractivity contribution in [1.29, 1.82) is 0 Å². The summed E-state index contributed by atoms with van der Waals surface area (Å²) in [7, 11) is -1.75. The van der Waals surface area contributed by atoms with Crippen LogP contribution < -0.4 is 0 Å². The lowest BCUT2D eigenvalue weighted by Gasteiger charge is -2.21. The van der Waals surface area contributed by atoms with Gasteiger partial charge in [0, 0.05) is 20.2 Å². The van der Waals surface area contributed by atoms with E-state index in [-0.39, 0.29) is 0 Å². The normalized spacial score (nSPS) is 20.1. The zero-order valence-electron chi connectivity index (χ0n) is 11.7. The molecule has 0 saturated carbocycles. The van der Waals surface area contributed by atoms with Crippen LogP contribution >= 0.6 is 0 Å². The first-order valence-corrected chi connectivity index (χ1v) is 7.96. The Morgan fingerprint density at radius 3 is 2.74 bits per heavy atom. The summed E-state index contributed by atoms with van der Waals surface area (Å²) in [6, 6.07) is 5.53. The summed E-state index contributed by atoms with van der Waals surface area (Å²) in [6.07, 6.45) is 0.937. The Labute approximate surface area is 115 Å².